The van der Waals surface area contributed by atoms with Crippen molar-refractivity contribution in [2.75, 3.05) is 11.9 Å². The molecular formula is C21H14F2NNa2O5P. The molecule has 4 rings (SSSR count). The molecule has 0 N–H and O–H groups in total. The number of hydrogen-bond donors (Lipinski definition) is 0. The Morgan fingerprint density at radius 3 is 1.81 bits per heavy atom. The zero-order valence-corrected chi connectivity index (χ0v) is 22.4. The van der Waals surface area contributed by atoms with Gasteiger partial charge in [0.25, 0.3) is 5.95 Å². The molecule has 32 heavy (non-hydrogen) atoms. The molecule has 0 aliphatic carbocycles. The quantitative estimate of drug-likeness (QED) is 0.240. The molecule has 11 heteroatoms. The summed E-state index contributed by atoms with van der Waals surface area (Å²) in [5.74, 6) is -2.93. The second kappa shape index (κ2) is 10.8. The molecule has 3 aromatic rings. The second-order valence-electron chi connectivity index (χ2n) is 6.50. The fourth-order valence-corrected chi connectivity index (χ4v) is 3.69. The largest absolute Gasteiger partial charge is 1.00 e. The van der Waals surface area contributed by atoms with Crippen LogP contribution in [0.3, 0.4) is 0 Å². The summed E-state index contributed by atoms with van der Waals surface area (Å²) in [6, 6.07) is 16.3. The Bertz CT molecular complexity index is 1150. The SMILES string of the molecule is CN1c2ccccc2C(=C(Oc2cc(F)cc(F)c2)OP(=O)([O-])[O-])c2ccccc21.[Na+].[Na+]. The van der Waals surface area contributed by atoms with Gasteiger partial charge >= 0.3 is 59.1 Å². The Morgan fingerprint density at radius 2 is 1.34 bits per heavy atom. The molecule has 0 unspecified atom stereocenters. The molecule has 0 spiro atoms. The number of ether oxygens (including phenoxy) is 1. The fraction of sp³-hybridized carbons (Fsp3) is 0.0476. The van der Waals surface area contributed by atoms with Crippen molar-refractivity contribution in [1.29, 1.82) is 0 Å². The van der Waals surface area contributed by atoms with E-state index in [1.165, 1.54) is 0 Å². The smallest absolute Gasteiger partial charge is 0.780 e. The van der Waals surface area contributed by atoms with Crippen LogP contribution in [0.2, 0.25) is 0 Å². The van der Waals surface area contributed by atoms with Gasteiger partial charge in [0, 0.05) is 47.7 Å². The Kier molecular flexibility index (Phi) is 9.15. The molecule has 6 nitrogen and oxygen atoms in total. The van der Waals surface area contributed by atoms with Crippen LogP contribution in [0.4, 0.5) is 20.2 Å². The van der Waals surface area contributed by atoms with Crippen molar-refractivity contribution in [3.63, 3.8) is 0 Å². The number of halogens is 2. The van der Waals surface area contributed by atoms with Crippen molar-refractivity contribution < 1.29 is 91.5 Å². The van der Waals surface area contributed by atoms with Crippen LogP contribution in [0.1, 0.15) is 11.1 Å². The van der Waals surface area contributed by atoms with Crippen LogP contribution in [0.5, 0.6) is 5.75 Å². The van der Waals surface area contributed by atoms with Crippen LogP contribution in [0, 0.1) is 11.6 Å². The maximum atomic E-state index is 13.6. The zero-order chi connectivity index (χ0) is 21.5. The molecule has 0 bridgehead atoms. The maximum absolute atomic E-state index is 13.6. The first-order valence-corrected chi connectivity index (χ1v) is 10.2. The summed E-state index contributed by atoms with van der Waals surface area (Å²) < 4.78 is 48.8. The molecule has 0 atom stereocenters. The van der Waals surface area contributed by atoms with Gasteiger partial charge in [-0.3, -0.25) is 0 Å². The number of phosphoric ester groups is 1. The molecule has 0 aromatic heterocycles. The Balaban J connectivity index is 0.00000181. The van der Waals surface area contributed by atoms with E-state index in [0.29, 0.717) is 28.6 Å². The molecule has 1 aliphatic rings. The van der Waals surface area contributed by atoms with Gasteiger partial charge in [0.2, 0.25) is 0 Å². The van der Waals surface area contributed by atoms with Crippen molar-refractivity contribution in [1.82, 2.24) is 0 Å². The fourth-order valence-electron chi connectivity index (χ4n) is 3.36. The van der Waals surface area contributed by atoms with Gasteiger partial charge in [0.05, 0.1) is 5.57 Å². The van der Waals surface area contributed by atoms with Crippen LogP contribution >= 0.6 is 7.82 Å². The molecule has 3 aromatic carbocycles. The van der Waals surface area contributed by atoms with E-state index < -0.39 is 25.4 Å². The standard InChI is InChI=1S/C21H16F2NO5P.2Na/c1-24-18-8-4-2-6-16(18)20(17-7-3-5-9-19(17)24)21(29-30(25,26)27)28-15-11-13(22)10-14(23)12-15;;/h2-12H,1H3,(H2,25,26,27);;/q;2*+1/p-2. The van der Waals surface area contributed by atoms with Gasteiger partial charge in [0.15, 0.2) is 0 Å². The summed E-state index contributed by atoms with van der Waals surface area (Å²) in [5.41, 5.74) is 2.56. The van der Waals surface area contributed by atoms with Crippen LogP contribution < -0.4 is 78.5 Å². The summed E-state index contributed by atoms with van der Waals surface area (Å²) in [7, 11) is -3.75. The monoisotopic (exact) mass is 475 g/mol. The van der Waals surface area contributed by atoms with Crippen LogP contribution in [-0.4, -0.2) is 7.05 Å². The Morgan fingerprint density at radius 1 is 0.875 bits per heavy atom. The normalized spacial score (nSPS) is 12.0. The predicted molar refractivity (Wildman–Crippen MR) is 103 cm³/mol. The van der Waals surface area contributed by atoms with Gasteiger partial charge in [-0.15, -0.1) is 0 Å². The Labute approximate surface area is 227 Å². The minimum atomic E-state index is -5.57. The summed E-state index contributed by atoms with van der Waals surface area (Å²) in [6.45, 7) is 0. The third kappa shape index (κ3) is 5.83. The second-order valence-corrected chi connectivity index (χ2v) is 7.58. The number of benzene rings is 3. The van der Waals surface area contributed by atoms with Crippen molar-refractivity contribution in [2.24, 2.45) is 0 Å². The van der Waals surface area contributed by atoms with Gasteiger partial charge in [0.1, 0.15) is 25.2 Å². The van der Waals surface area contributed by atoms with Crippen molar-refractivity contribution in [3.8, 4) is 5.75 Å². The molecule has 0 saturated carbocycles. The van der Waals surface area contributed by atoms with Crippen molar-refractivity contribution >= 4 is 24.8 Å². The third-order valence-electron chi connectivity index (χ3n) is 4.51. The average Bonchev–Trinajstić information content (AvgIpc) is 2.66. The molecule has 1 aliphatic heterocycles. The van der Waals surface area contributed by atoms with Gasteiger partial charge < -0.3 is 28.5 Å². The number of hydrogen-bond acceptors (Lipinski definition) is 6. The topological polar surface area (TPSA) is 84.9 Å². The summed E-state index contributed by atoms with van der Waals surface area (Å²) >= 11 is 0. The first kappa shape index (κ1) is 27.1. The molecule has 0 saturated heterocycles. The predicted octanol–water partition coefficient (Wildman–Crippen LogP) is -2.30. The number of anilines is 2. The molecular weight excluding hydrogens is 461 g/mol. The van der Waals surface area contributed by atoms with E-state index in [1.54, 1.807) is 48.5 Å². The first-order chi connectivity index (χ1) is 14.2. The number of phosphoric acid groups is 1. The van der Waals surface area contributed by atoms with E-state index in [-0.39, 0.29) is 70.4 Å². The van der Waals surface area contributed by atoms with Crippen molar-refractivity contribution in [3.05, 3.63) is 95.4 Å². The third-order valence-corrected chi connectivity index (χ3v) is 4.90. The van der Waals surface area contributed by atoms with Crippen LogP contribution in [-0.2, 0) is 9.09 Å². The molecule has 1 heterocycles. The van der Waals surface area contributed by atoms with E-state index in [9.17, 15) is 23.1 Å². The maximum Gasteiger partial charge on any atom is 1.00 e. The number of rotatable bonds is 4. The molecule has 0 amide bonds. The zero-order valence-electron chi connectivity index (χ0n) is 17.5. The van der Waals surface area contributed by atoms with E-state index in [4.69, 9.17) is 4.74 Å². The minimum absolute atomic E-state index is 0. The van der Waals surface area contributed by atoms with Crippen LogP contribution in [0.15, 0.2) is 72.7 Å². The van der Waals surface area contributed by atoms with Gasteiger partial charge in [-0.05, 0) is 12.1 Å². The molecule has 154 valence electrons. The summed E-state index contributed by atoms with van der Waals surface area (Å²) in [6.07, 6.45) is 0. The van der Waals surface area contributed by atoms with E-state index in [1.807, 2.05) is 11.9 Å². The number of para-hydroxylation sites is 2. The summed E-state index contributed by atoms with van der Waals surface area (Å²) in [5, 5.41) is 0. The van der Waals surface area contributed by atoms with E-state index in [0.717, 1.165) is 12.1 Å². The number of nitrogens with zero attached hydrogens (tertiary/aromatic N) is 1. The van der Waals surface area contributed by atoms with Crippen molar-refractivity contribution in [2.45, 2.75) is 0 Å². The van der Waals surface area contributed by atoms with E-state index >= 15 is 0 Å². The van der Waals surface area contributed by atoms with Crippen LogP contribution in [0.25, 0.3) is 5.57 Å². The van der Waals surface area contributed by atoms with Gasteiger partial charge in [-0.25, -0.2) is 8.78 Å². The van der Waals surface area contributed by atoms with Gasteiger partial charge in [-0.1, -0.05) is 36.4 Å². The average molecular weight is 475 g/mol. The molecule has 0 radical (unpaired) electrons. The molecule has 0 fully saturated rings. The summed E-state index contributed by atoms with van der Waals surface area (Å²) in [4.78, 5) is 24.8. The number of fused-ring (bicyclic) bond motifs is 2. The van der Waals surface area contributed by atoms with Gasteiger partial charge in [-0.2, -0.15) is 0 Å². The minimum Gasteiger partial charge on any atom is -0.780 e. The first-order valence-electron chi connectivity index (χ1n) is 8.75. The van der Waals surface area contributed by atoms with E-state index in [2.05, 4.69) is 4.52 Å². The Hall–Kier alpha value is -1.19.